The maximum absolute atomic E-state index is 5.61. The first kappa shape index (κ1) is 12.8. The zero-order valence-electron chi connectivity index (χ0n) is 9.75. The van der Waals surface area contributed by atoms with Crippen LogP contribution in [0.2, 0.25) is 0 Å². The summed E-state index contributed by atoms with van der Waals surface area (Å²) in [7, 11) is 0. The van der Waals surface area contributed by atoms with Crippen LogP contribution in [0.3, 0.4) is 0 Å². The highest BCUT2D eigenvalue weighted by Gasteiger charge is 2.04. The molecule has 0 saturated carbocycles. The average molecular weight is 242 g/mol. The number of rotatable bonds is 5. The van der Waals surface area contributed by atoms with Gasteiger partial charge in [-0.3, -0.25) is 0 Å². The Hall–Kier alpha value is -1.29. The van der Waals surface area contributed by atoms with Gasteiger partial charge in [0.15, 0.2) is 0 Å². The Balaban J connectivity index is 2.77. The molecule has 0 saturated heterocycles. The number of aryl methyl sites for hydroxylation is 1. The Morgan fingerprint density at radius 3 is 2.81 bits per heavy atom. The van der Waals surface area contributed by atoms with Gasteiger partial charge in [0, 0.05) is 22.8 Å². The number of hydrogen-bond donors (Lipinski definition) is 1. The first-order chi connectivity index (χ1) is 7.47. The zero-order chi connectivity index (χ0) is 12.1. The van der Waals surface area contributed by atoms with Crippen LogP contribution in [0.25, 0.3) is 0 Å². The van der Waals surface area contributed by atoms with Gasteiger partial charge in [-0.15, -0.1) is 0 Å². The molecule has 0 aromatic carbocycles. The fraction of sp³-hybridized carbons (Fsp3) is 0.455. The third-order valence-electron chi connectivity index (χ3n) is 1.63. The minimum absolute atomic E-state index is 0.249. The Bertz CT molecular complexity index is 379. The predicted molar refractivity (Wildman–Crippen MR) is 66.0 cm³/mol. The highest BCUT2D eigenvalue weighted by atomic mass is 35.5. The molecule has 0 atom stereocenters. The molecule has 1 aromatic rings. The van der Waals surface area contributed by atoms with Crippen LogP contribution in [-0.2, 0) is 0 Å². The summed E-state index contributed by atoms with van der Waals surface area (Å²) in [5, 5.41) is 3.56. The van der Waals surface area contributed by atoms with Crippen LogP contribution < -0.4 is 10.1 Å². The van der Waals surface area contributed by atoms with E-state index >= 15 is 0 Å². The van der Waals surface area contributed by atoms with Gasteiger partial charge < -0.3 is 10.1 Å². The number of hydrogen-bond acceptors (Lipinski definition) is 4. The largest absolute Gasteiger partial charge is 0.472 e. The molecule has 5 heteroatoms. The molecule has 0 bridgehead atoms. The van der Waals surface area contributed by atoms with Crippen LogP contribution in [0.15, 0.2) is 17.7 Å². The standard InChI is InChI=1S/C11H16ClN3O/c1-7(2)13-11-14-9(4)5-10(15-11)16-6-8(3)12/h5,7H,3,6H2,1-2,4H3,(H,13,14,15). The van der Waals surface area contributed by atoms with Crippen LogP contribution in [0, 0.1) is 6.92 Å². The van der Waals surface area contributed by atoms with Crippen molar-refractivity contribution in [3.8, 4) is 5.88 Å². The molecule has 1 N–H and O–H groups in total. The van der Waals surface area contributed by atoms with Gasteiger partial charge in [-0.25, -0.2) is 4.98 Å². The van der Waals surface area contributed by atoms with Gasteiger partial charge in [-0.05, 0) is 20.8 Å². The monoisotopic (exact) mass is 241 g/mol. The van der Waals surface area contributed by atoms with Crippen molar-refractivity contribution >= 4 is 17.5 Å². The molecular formula is C11H16ClN3O. The molecule has 0 fully saturated rings. The summed E-state index contributed by atoms with van der Waals surface area (Å²) in [6.45, 7) is 9.72. The Labute approximate surface area is 101 Å². The van der Waals surface area contributed by atoms with E-state index in [1.807, 2.05) is 20.8 Å². The maximum atomic E-state index is 5.61. The first-order valence-corrected chi connectivity index (χ1v) is 5.43. The molecule has 4 nitrogen and oxygen atoms in total. The van der Waals surface area contributed by atoms with Gasteiger partial charge in [0.2, 0.25) is 11.8 Å². The fourth-order valence-electron chi connectivity index (χ4n) is 1.09. The van der Waals surface area contributed by atoms with Crippen molar-refractivity contribution in [1.82, 2.24) is 9.97 Å². The molecule has 1 aromatic heterocycles. The molecule has 1 rings (SSSR count). The van der Waals surface area contributed by atoms with Gasteiger partial charge in [0.25, 0.3) is 0 Å². The third kappa shape index (κ3) is 4.49. The molecule has 0 aliphatic heterocycles. The van der Waals surface area contributed by atoms with Crippen molar-refractivity contribution in [2.75, 3.05) is 11.9 Å². The lowest BCUT2D eigenvalue weighted by molar-refractivity contribution is 0.344. The normalized spacial score (nSPS) is 10.3. The van der Waals surface area contributed by atoms with E-state index in [0.29, 0.717) is 16.9 Å². The summed E-state index contributed by atoms with van der Waals surface area (Å²) in [5.74, 6) is 1.06. The summed E-state index contributed by atoms with van der Waals surface area (Å²) in [6, 6.07) is 2.03. The Morgan fingerprint density at radius 2 is 2.25 bits per heavy atom. The average Bonchev–Trinajstić information content (AvgIpc) is 2.12. The summed E-state index contributed by atoms with van der Waals surface area (Å²) in [5.41, 5.74) is 0.841. The van der Waals surface area contributed by atoms with Crippen molar-refractivity contribution in [1.29, 1.82) is 0 Å². The lowest BCUT2D eigenvalue weighted by Crippen LogP contribution is -2.13. The zero-order valence-corrected chi connectivity index (χ0v) is 10.5. The summed E-state index contributed by atoms with van der Waals surface area (Å²) >= 11 is 5.61. The smallest absolute Gasteiger partial charge is 0.226 e. The van der Waals surface area contributed by atoms with E-state index < -0.39 is 0 Å². The number of ether oxygens (including phenoxy) is 1. The van der Waals surface area contributed by atoms with Crippen molar-refractivity contribution in [2.24, 2.45) is 0 Å². The molecule has 0 aliphatic carbocycles. The van der Waals surface area contributed by atoms with Gasteiger partial charge in [-0.2, -0.15) is 4.98 Å². The molecule has 88 valence electrons. The molecule has 16 heavy (non-hydrogen) atoms. The van der Waals surface area contributed by atoms with E-state index in [1.54, 1.807) is 6.07 Å². The fourth-order valence-corrected chi connectivity index (χ4v) is 1.14. The summed E-state index contributed by atoms with van der Waals surface area (Å²) in [6.07, 6.45) is 0. The highest BCUT2D eigenvalue weighted by molar-refractivity contribution is 6.29. The predicted octanol–water partition coefficient (Wildman–Crippen LogP) is 2.74. The molecule has 0 aliphatic rings. The molecule has 1 heterocycles. The summed E-state index contributed by atoms with van der Waals surface area (Å²) < 4.78 is 5.35. The van der Waals surface area contributed by atoms with E-state index in [1.165, 1.54) is 0 Å². The van der Waals surface area contributed by atoms with Crippen LogP contribution in [0.5, 0.6) is 5.88 Å². The maximum Gasteiger partial charge on any atom is 0.226 e. The topological polar surface area (TPSA) is 47.0 Å². The minimum atomic E-state index is 0.249. The Kier molecular flexibility index (Phi) is 4.55. The van der Waals surface area contributed by atoms with Gasteiger partial charge in [0.1, 0.15) is 6.61 Å². The second kappa shape index (κ2) is 5.70. The van der Waals surface area contributed by atoms with Gasteiger partial charge in [-0.1, -0.05) is 18.2 Å². The molecule has 0 spiro atoms. The van der Waals surface area contributed by atoms with Crippen LogP contribution in [-0.4, -0.2) is 22.6 Å². The minimum Gasteiger partial charge on any atom is -0.472 e. The van der Waals surface area contributed by atoms with E-state index in [-0.39, 0.29) is 12.6 Å². The van der Waals surface area contributed by atoms with Gasteiger partial charge in [0.05, 0.1) is 0 Å². The van der Waals surface area contributed by atoms with E-state index in [4.69, 9.17) is 16.3 Å². The number of halogens is 1. The van der Waals surface area contributed by atoms with Crippen LogP contribution in [0.1, 0.15) is 19.5 Å². The Morgan fingerprint density at radius 1 is 1.56 bits per heavy atom. The number of nitrogens with zero attached hydrogens (tertiary/aromatic N) is 2. The highest BCUT2D eigenvalue weighted by Crippen LogP contribution is 2.13. The lowest BCUT2D eigenvalue weighted by atomic mass is 10.4. The van der Waals surface area contributed by atoms with Crippen molar-refractivity contribution in [3.63, 3.8) is 0 Å². The van der Waals surface area contributed by atoms with Crippen LogP contribution in [0.4, 0.5) is 5.95 Å². The van der Waals surface area contributed by atoms with Crippen molar-refractivity contribution in [3.05, 3.63) is 23.4 Å². The first-order valence-electron chi connectivity index (χ1n) is 5.05. The number of anilines is 1. The lowest BCUT2D eigenvalue weighted by Gasteiger charge is -2.10. The second-order valence-corrected chi connectivity index (χ2v) is 4.31. The van der Waals surface area contributed by atoms with Crippen molar-refractivity contribution < 1.29 is 4.74 Å². The van der Waals surface area contributed by atoms with Crippen LogP contribution >= 0.6 is 11.6 Å². The van der Waals surface area contributed by atoms with E-state index in [0.717, 1.165) is 5.69 Å². The van der Waals surface area contributed by atoms with E-state index in [9.17, 15) is 0 Å². The van der Waals surface area contributed by atoms with Crippen molar-refractivity contribution in [2.45, 2.75) is 26.8 Å². The number of aromatic nitrogens is 2. The molecule has 0 radical (unpaired) electrons. The second-order valence-electron chi connectivity index (χ2n) is 3.78. The molecule has 0 unspecified atom stereocenters. The van der Waals surface area contributed by atoms with E-state index in [2.05, 4.69) is 21.9 Å². The SMILES string of the molecule is C=C(Cl)COc1cc(C)nc(NC(C)C)n1. The third-order valence-corrected chi connectivity index (χ3v) is 1.73. The molecule has 0 amide bonds. The van der Waals surface area contributed by atoms with Gasteiger partial charge >= 0.3 is 0 Å². The summed E-state index contributed by atoms with van der Waals surface area (Å²) in [4.78, 5) is 8.44. The quantitative estimate of drug-likeness (QED) is 0.861. The number of nitrogens with one attached hydrogen (secondary N) is 1. The molecular weight excluding hydrogens is 226 g/mol.